The Morgan fingerprint density at radius 3 is 2.47 bits per heavy atom. The van der Waals surface area contributed by atoms with Crippen LogP contribution in [-0.2, 0) is 11.2 Å². The van der Waals surface area contributed by atoms with Crippen molar-refractivity contribution in [2.45, 2.75) is 11.3 Å². The highest BCUT2D eigenvalue weighted by atomic mass is 32.2. The molecule has 17 heavy (non-hydrogen) atoms. The number of thioether (sulfide) groups is 1. The lowest BCUT2D eigenvalue weighted by atomic mass is 10.1. The number of benzene rings is 1. The Balaban J connectivity index is 1.83. The predicted molar refractivity (Wildman–Crippen MR) is 70.1 cm³/mol. The lowest BCUT2D eigenvalue weighted by Gasteiger charge is -2.01. The van der Waals surface area contributed by atoms with Crippen LogP contribution in [-0.4, -0.2) is 16.5 Å². The molecule has 0 N–H and O–H groups in total. The highest BCUT2D eigenvalue weighted by Crippen LogP contribution is 2.16. The predicted octanol–water partition coefficient (Wildman–Crippen LogP) is 2.99. The SMILES string of the molecule is O=C(CSc1ccncc1)Cc1ccccc1. The van der Waals surface area contributed by atoms with Crippen LogP contribution in [0.3, 0.4) is 0 Å². The van der Waals surface area contributed by atoms with Crippen LogP contribution in [0.1, 0.15) is 5.56 Å². The summed E-state index contributed by atoms with van der Waals surface area (Å²) in [6, 6.07) is 13.7. The second-order valence-electron chi connectivity index (χ2n) is 3.67. The Hall–Kier alpha value is -1.61. The van der Waals surface area contributed by atoms with Crippen LogP contribution >= 0.6 is 11.8 Å². The van der Waals surface area contributed by atoms with Gasteiger partial charge >= 0.3 is 0 Å². The zero-order valence-corrected chi connectivity index (χ0v) is 10.2. The number of rotatable bonds is 5. The molecule has 0 bridgehead atoms. The first-order valence-electron chi connectivity index (χ1n) is 5.43. The third-order valence-corrected chi connectivity index (χ3v) is 3.37. The van der Waals surface area contributed by atoms with Gasteiger partial charge in [0.05, 0.1) is 5.75 Å². The number of ketones is 1. The maximum absolute atomic E-state index is 11.7. The normalized spacial score (nSPS) is 10.1. The van der Waals surface area contributed by atoms with Gasteiger partial charge in [-0.1, -0.05) is 30.3 Å². The second-order valence-corrected chi connectivity index (χ2v) is 4.72. The van der Waals surface area contributed by atoms with E-state index in [-0.39, 0.29) is 5.78 Å². The van der Waals surface area contributed by atoms with Crippen molar-refractivity contribution in [2.24, 2.45) is 0 Å². The Morgan fingerprint density at radius 1 is 1.06 bits per heavy atom. The standard InChI is InChI=1S/C14H13NOS/c16-13(10-12-4-2-1-3-5-12)11-17-14-6-8-15-9-7-14/h1-9H,10-11H2. The number of hydrogen-bond acceptors (Lipinski definition) is 3. The van der Waals surface area contributed by atoms with Crippen LogP contribution < -0.4 is 0 Å². The fraction of sp³-hybridized carbons (Fsp3) is 0.143. The first-order valence-corrected chi connectivity index (χ1v) is 6.41. The number of pyridine rings is 1. The molecule has 0 spiro atoms. The molecule has 1 aromatic heterocycles. The van der Waals surface area contributed by atoms with Crippen molar-refractivity contribution in [1.82, 2.24) is 4.98 Å². The molecule has 0 radical (unpaired) electrons. The van der Waals surface area contributed by atoms with E-state index in [0.717, 1.165) is 10.5 Å². The molecule has 0 saturated carbocycles. The van der Waals surface area contributed by atoms with Gasteiger partial charge in [0.1, 0.15) is 5.78 Å². The summed E-state index contributed by atoms with van der Waals surface area (Å²) in [6.07, 6.45) is 3.99. The van der Waals surface area contributed by atoms with Crippen molar-refractivity contribution in [3.8, 4) is 0 Å². The van der Waals surface area contributed by atoms with E-state index in [1.807, 2.05) is 42.5 Å². The van der Waals surface area contributed by atoms with Crippen LogP contribution in [0.15, 0.2) is 59.8 Å². The summed E-state index contributed by atoms with van der Waals surface area (Å²) in [4.78, 5) is 16.8. The molecule has 2 rings (SSSR count). The van der Waals surface area contributed by atoms with Gasteiger partial charge in [0.25, 0.3) is 0 Å². The Labute approximate surface area is 105 Å². The van der Waals surface area contributed by atoms with Gasteiger partial charge in [-0.25, -0.2) is 0 Å². The van der Waals surface area contributed by atoms with E-state index in [0.29, 0.717) is 12.2 Å². The van der Waals surface area contributed by atoms with E-state index in [1.54, 1.807) is 24.2 Å². The maximum Gasteiger partial charge on any atom is 0.147 e. The summed E-state index contributed by atoms with van der Waals surface area (Å²) in [5, 5.41) is 0. The topological polar surface area (TPSA) is 30.0 Å². The van der Waals surface area contributed by atoms with E-state index in [2.05, 4.69) is 4.98 Å². The van der Waals surface area contributed by atoms with E-state index >= 15 is 0 Å². The minimum absolute atomic E-state index is 0.248. The minimum Gasteiger partial charge on any atom is -0.298 e. The summed E-state index contributed by atoms with van der Waals surface area (Å²) in [6.45, 7) is 0. The van der Waals surface area contributed by atoms with Crippen molar-refractivity contribution in [3.63, 3.8) is 0 Å². The molecule has 3 heteroatoms. The van der Waals surface area contributed by atoms with Crippen LogP contribution in [0.5, 0.6) is 0 Å². The highest BCUT2D eigenvalue weighted by molar-refractivity contribution is 8.00. The van der Waals surface area contributed by atoms with Gasteiger partial charge in [-0.05, 0) is 17.7 Å². The Morgan fingerprint density at radius 2 is 1.76 bits per heavy atom. The molecule has 0 aliphatic heterocycles. The average Bonchev–Trinajstić information content (AvgIpc) is 2.39. The summed E-state index contributed by atoms with van der Waals surface area (Å²) >= 11 is 1.56. The van der Waals surface area contributed by atoms with Crippen LogP contribution in [0.2, 0.25) is 0 Å². The van der Waals surface area contributed by atoms with Gasteiger partial charge in [-0.2, -0.15) is 0 Å². The first-order chi connectivity index (χ1) is 8.34. The molecule has 0 fully saturated rings. The van der Waals surface area contributed by atoms with Crippen molar-refractivity contribution in [2.75, 3.05) is 5.75 Å². The number of aromatic nitrogens is 1. The van der Waals surface area contributed by atoms with Crippen molar-refractivity contribution >= 4 is 17.5 Å². The molecule has 0 atom stereocenters. The lowest BCUT2D eigenvalue weighted by molar-refractivity contribution is -0.116. The fourth-order valence-electron chi connectivity index (χ4n) is 1.47. The third kappa shape index (κ3) is 4.04. The Kier molecular flexibility index (Phi) is 4.33. The average molecular weight is 243 g/mol. The molecule has 0 saturated heterocycles. The van der Waals surface area contributed by atoms with Gasteiger partial charge in [0.2, 0.25) is 0 Å². The second kappa shape index (κ2) is 6.21. The molecule has 1 aromatic carbocycles. The van der Waals surface area contributed by atoms with Crippen LogP contribution in [0.25, 0.3) is 0 Å². The largest absolute Gasteiger partial charge is 0.298 e. The van der Waals surface area contributed by atoms with Crippen LogP contribution in [0, 0.1) is 0 Å². The number of carbonyl (C=O) groups is 1. The maximum atomic E-state index is 11.7. The van der Waals surface area contributed by atoms with Gasteiger partial charge in [0, 0.05) is 23.7 Å². The van der Waals surface area contributed by atoms with Gasteiger partial charge < -0.3 is 0 Å². The van der Waals surface area contributed by atoms with E-state index in [9.17, 15) is 4.79 Å². The third-order valence-electron chi connectivity index (χ3n) is 2.29. The molecule has 0 aliphatic carbocycles. The fourth-order valence-corrected chi connectivity index (χ4v) is 2.22. The molecular weight excluding hydrogens is 230 g/mol. The van der Waals surface area contributed by atoms with E-state index in [1.165, 1.54) is 0 Å². The number of carbonyl (C=O) groups excluding carboxylic acids is 1. The van der Waals surface area contributed by atoms with Gasteiger partial charge in [0.15, 0.2) is 0 Å². The Bertz CT molecular complexity index is 470. The minimum atomic E-state index is 0.248. The smallest absolute Gasteiger partial charge is 0.147 e. The molecule has 1 heterocycles. The molecule has 0 amide bonds. The molecular formula is C14H13NOS. The highest BCUT2D eigenvalue weighted by Gasteiger charge is 2.04. The van der Waals surface area contributed by atoms with Crippen molar-refractivity contribution in [3.05, 3.63) is 60.4 Å². The first kappa shape index (κ1) is 11.9. The quantitative estimate of drug-likeness (QED) is 0.756. The molecule has 0 unspecified atom stereocenters. The summed E-state index contributed by atoms with van der Waals surface area (Å²) in [7, 11) is 0. The molecule has 2 aromatic rings. The molecule has 0 aliphatic rings. The molecule has 86 valence electrons. The summed E-state index contributed by atoms with van der Waals surface area (Å²) in [5.41, 5.74) is 1.08. The van der Waals surface area contributed by atoms with E-state index in [4.69, 9.17) is 0 Å². The van der Waals surface area contributed by atoms with Gasteiger partial charge in [-0.3, -0.25) is 9.78 Å². The lowest BCUT2D eigenvalue weighted by Crippen LogP contribution is -2.05. The van der Waals surface area contributed by atoms with Crippen molar-refractivity contribution < 1.29 is 4.79 Å². The van der Waals surface area contributed by atoms with E-state index < -0.39 is 0 Å². The number of nitrogens with zero attached hydrogens (tertiary/aromatic N) is 1. The number of hydrogen-bond donors (Lipinski definition) is 0. The van der Waals surface area contributed by atoms with Crippen LogP contribution in [0.4, 0.5) is 0 Å². The van der Waals surface area contributed by atoms with Gasteiger partial charge in [-0.15, -0.1) is 11.8 Å². The zero-order valence-electron chi connectivity index (χ0n) is 9.37. The van der Waals surface area contributed by atoms with Crippen molar-refractivity contribution in [1.29, 1.82) is 0 Å². The zero-order chi connectivity index (χ0) is 11.9. The molecule has 2 nitrogen and oxygen atoms in total. The monoisotopic (exact) mass is 243 g/mol. The number of Topliss-reactive ketones (excluding diaryl/α,β-unsaturated/α-hetero) is 1. The summed E-state index contributed by atoms with van der Waals surface area (Å²) < 4.78 is 0. The summed E-state index contributed by atoms with van der Waals surface area (Å²) in [5.74, 6) is 0.761.